The zero-order valence-electron chi connectivity index (χ0n) is 9.78. The zero-order chi connectivity index (χ0) is 11.7. The summed E-state index contributed by atoms with van der Waals surface area (Å²) in [7, 11) is 0. The van der Waals surface area contributed by atoms with Crippen molar-refractivity contribution in [1.82, 2.24) is 4.98 Å². The molecular weight excluding hydrogens is 214 g/mol. The quantitative estimate of drug-likeness (QED) is 0.797. The van der Waals surface area contributed by atoms with Gasteiger partial charge in [-0.25, -0.2) is 0 Å². The molecule has 4 heteroatoms. The van der Waals surface area contributed by atoms with E-state index in [-0.39, 0.29) is 0 Å². The van der Waals surface area contributed by atoms with Crippen molar-refractivity contribution in [2.45, 2.75) is 25.7 Å². The van der Waals surface area contributed by atoms with Crippen LogP contribution in [0.1, 0.15) is 25.7 Å². The molecule has 0 atom stereocenters. The van der Waals surface area contributed by atoms with Crippen molar-refractivity contribution >= 4 is 22.8 Å². The molecule has 0 spiro atoms. The highest BCUT2D eigenvalue weighted by molar-refractivity contribution is 5.78. The second kappa shape index (κ2) is 4.28. The Morgan fingerprint density at radius 1 is 1.35 bits per heavy atom. The van der Waals surface area contributed by atoms with Crippen LogP contribution in [-0.4, -0.2) is 11.5 Å². The Labute approximate surface area is 100 Å². The minimum atomic E-state index is 0.609. The first-order valence-corrected chi connectivity index (χ1v) is 6.21. The van der Waals surface area contributed by atoms with Crippen molar-refractivity contribution in [3.63, 3.8) is 0 Å². The van der Waals surface area contributed by atoms with E-state index < -0.39 is 0 Å². The van der Waals surface area contributed by atoms with E-state index >= 15 is 0 Å². The van der Waals surface area contributed by atoms with Gasteiger partial charge in [0.2, 0.25) is 0 Å². The average molecular weight is 231 g/mol. The van der Waals surface area contributed by atoms with Gasteiger partial charge in [0, 0.05) is 12.2 Å². The third kappa shape index (κ3) is 2.20. The Hall–Kier alpha value is -1.71. The maximum absolute atomic E-state index is 5.70. The molecule has 1 fully saturated rings. The number of nitrogens with zero attached hydrogens (tertiary/aromatic N) is 1. The Morgan fingerprint density at radius 2 is 2.18 bits per heavy atom. The van der Waals surface area contributed by atoms with Crippen molar-refractivity contribution < 1.29 is 4.42 Å². The van der Waals surface area contributed by atoms with E-state index in [2.05, 4.69) is 10.3 Å². The van der Waals surface area contributed by atoms with Gasteiger partial charge in [0.25, 0.3) is 6.01 Å². The lowest BCUT2D eigenvalue weighted by Gasteiger charge is -2.07. The number of hydrogen-bond acceptors (Lipinski definition) is 4. The van der Waals surface area contributed by atoms with Gasteiger partial charge in [0.05, 0.1) is 0 Å². The summed E-state index contributed by atoms with van der Waals surface area (Å²) < 4.78 is 5.61. The number of oxazole rings is 1. The Balaban J connectivity index is 1.72. The molecule has 1 aliphatic carbocycles. The molecule has 1 saturated carbocycles. The normalized spacial score (nSPS) is 16.7. The maximum Gasteiger partial charge on any atom is 0.295 e. The van der Waals surface area contributed by atoms with Crippen molar-refractivity contribution in [3.05, 3.63) is 18.2 Å². The molecule has 2 aromatic rings. The van der Waals surface area contributed by atoms with Gasteiger partial charge in [0.15, 0.2) is 5.58 Å². The summed E-state index contributed by atoms with van der Waals surface area (Å²) in [6.07, 6.45) is 5.35. The molecule has 1 heterocycles. The average Bonchev–Trinajstić information content (AvgIpc) is 2.94. The van der Waals surface area contributed by atoms with Crippen LogP contribution in [0.2, 0.25) is 0 Å². The number of nitrogen functional groups attached to an aromatic ring is 1. The molecule has 0 saturated heterocycles. The van der Waals surface area contributed by atoms with E-state index in [1.807, 2.05) is 18.2 Å². The van der Waals surface area contributed by atoms with E-state index in [1.54, 1.807) is 0 Å². The molecule has 3 N–H and O–H groups in total. The first-order chi connectivity index (χ1) is 8.31. The fourth-order valence-electron chi connectivity index (χ4n) is 2.47. The van der Waals surface area contributed by atoms with E-state index in [1.165, 1.54) is 25.7 Å². The van der Waals surface area contributed by atoms with Crippen LogP contribution >= 0.6 is 0 Å². The van der Waals surface area contributed by atoms with Crippen molar-refractivity contribution in [2.24, 2.45) is 5.92 Å². The first kappa shape index (κ1) is 10.4. The number of anilines is 2. The summed E-state index contributed by atoms with van der Waals surface area (Å²) >= 11 is 0. The summed E-state index contributed by atoms with van der Waals surface area (Å²) in [6.45, 7) is 0.961. The Bertz CT molecular complexity index is 514. The minimum absolute atomic E-state index is 0.609. The summed E-state index contributed by atoms with van der Waals surface area (Å²) in [5.41, 5.74) is 8.02. The highest BCUT2D eigenvalue weighted by Crippen LogP contribution is 2.26. The molecule has 1 aliphatic rings. The predicted octanol–water partition coefficient (Wildman–Crippen LogP) is 3.01. The van der Waals surface area contributed by atoms with Gasteiger partial charge >= 0.3 is 0 Å². The second-order valence-corrected chi connectivity index (χ2v) is 4.78. The summed E-state index contributed by atoms with van der Waals surface area (Å²) in [4.78, 5) is 4.38. The van der Waals surface area contributed by atoms with Gasteiger partial charge in [-0.2, -0.15) is 4.98 Å². The summed E-state index contributed by atoms with van der Waals surface area (Å²) in [5, 5.41) is 3.28. The minimum Gasteiger partial charge on any atom is -0.424 e. The third-order valence-corrected chi connectivity index (χ3v) is 3.43. The van der Waals surface area contributed by atoms with Crippen LogP contribution in [-0.2, 0) is 0 Å². The molecule has 90 valence electrons. The molecule has 4 nitrogen and oxygen atoms in total. The van der Waals surface area contributed by atoms with Crippen molar-refractivity contribution in [3.8, 4) is 0 Å². The maximum atomic E-state index is 5.70. The van der Waals surface area contributed by atoms with Gasteiger partial charge in [-0.3, -0.25) is 0 Å². The van der Waals surface area contributed by atoms with Crippen molar-refractivity contribution in [2.75, 3.05) is 17.6 Å². The van der Waals surface area contributed by atoms with Gasteiger partial charge in [-0.05, 0) is 37.0 Å². The first-order valence-electron chi connectivity index (χ1n) is 6.21. The second-order valence-electron chi connectivity index (χ2n) is 4.78. The molecule has 1 aromatic carbocycles. The van der Waals surface area contributed by atoms with E-state index in [4.69, 9.17) is 10.2 Å². The molecule has 0 bridgehead atoms. The fourth-order valence-corrected chi connectivity index (χ4v) is 2.47. The smallest absolute Gasteiger partial charge is 0.295 e. The molecule has 0 aliphatic heterocycles. The molecule has 3 rings (SSSR count). The standard InChI is InChI=1S/C13H17N3O/c14-10-5-6-12-11(7-10)16-13(17-12)15-8-9-3-1-2-4-9/h5-7,9H,1-4,8,14H2,(H,15,16). The van der Waals surface area contributed by atoms with Gasteiger partial charge < -0.3 is 15.5 Å². The lowest BCUT2D eigenvalue weighted by atomic mass is 10.1. The highest BCUT2D eigenvalue weighted by atomic mass is 16.4. The van der Waals surface area contributed by atoms with E-state index in [0.717, 1.165) is 23.6 Å². The van der Waals surface area contributed by atoms with Crippen LogP contribution in [0.3, 0.4) is 0 Å². The molecule has 17 heavy (non-hydrogen) atoms. The van der Waals surface area contributed by atoms with Crippen LogP contribution < -0.4 is 11.1 Å². The van der Waals surface area contributed by atoms with Crippen LogP contribution in [0, 0.1) is 5.92 Å². The summed E-state index contributed by atoms with van der Waals surface area (Å²) in [5.74, 6) is 0.773. The molecule has 0 radical (unpaired) electrons. The largest absolute Gasteiger partial charge is 0.424 e. The molecule has 0 unspecified atom stereocenters. The lowest BCUT2D eigenvalue weighted by molar-refractivity contribution is 0.553. The van der Waals surface area contributed by atoms with Crippen LogP contribution in [0.4, 0.5) is 11.7 Å². The third-order valence-electron chi connectivity index (χ3n) is 3.43. The van der Waals surface area contributed by atoms with E-state index in [0.29, 0.717) is 11.7 Å². The Kier molecular flexibility index (Phi) is 2.63. The summed E-state index contributed by atoms with van der Waals surface area (Å²) in [6, 6.07) is 6.13. The number of benzene rings is 1. The SMILES string of the molecule is Nc1ccc2oc(NCC3CCCC3)nc2c1. The van der Waals surface area contributed by atoms with E-state index in [9.17, 15) is 0 Å². The van der Waals surface area contributed by atoms with Gasteiger partial charge in [0.1, 0.15) is 5.52 Å². The molecule has 0 amide bonds. The number of hydrogen-bond donors (Lipinski definition) is 2. The zero-order valence-corrected chi connectivity index (χ0v) is 9.78. The Morgan fingerprint density at radius 3 is 3.00 bits per heavy atom. The van der Waals surface area contributed by atoms with Crippen LogP contribution in [0.15, 0.2) is 22.6 Å². The number of rotatable bonds is 3. The molecule has 1 aromatic heterocycles. The highest BCUT2D eigenvalue weighted by Gasteiger charge is 2.15. The number of nitrogens with one attached hydrogen (secondary N) is 1. The van der Waals surface area contributed by atoms with Crippen LogP contribution in [0.5, 0.6) is 0 Å². The lowest BCUT2D eigenvalue weighted by Crippen LogP contribution is -2.10. The van der Waals surface area contributed by atoms with Crippen molar-refractivity contribution in [1.29, 1.82) is 0 Å². The van der Waals surface area contributed by atoms with Crippen LogP contribution in [0.25, 0.3) is 11.1 Å². The van der Waals surface area contributed by atoms with Gasteiger partial charge in [-0.15, -0.1) is 0 Å². The monoisotopic (exact) mass is 231 g/mol. The topological polar surface area (TPSA) is 64.1 Å². The molecular formula is C13H17N3O. The van der Waals surface area contributed by atoms with Gasteiger partial charge in [-0.1, -0.05) is 12.8 Å². The number of aromatic nitrogens is 1. The number of nitrogens with two attached hydrogens (primary N) is 1. The predicted molar refractivity (Wildman–Crippen MR) is 68.9 cm³/mol. The number of fused-ring (bicyclic) bond motifs is 1. The fraction of sp³-hybridized carbons (Fsp3) is 0.462.